The minimum Gasteiger partial charge on any atom is -0.359 e. The third kappa shape index (κ3) is 61.7. The first-order valence-corrected chi connectivity index (χ1v) is 36.6. The molecule has 8 aliphatic rings. The standard InChI is InChI=1S/2C15H26.2C10H8.2C6H12.C3H8O2.8C2H6.CH4.12Ar/c2*1-15(2)13-9-5-3-7-11(13)12-8-4-6-10-14(12)15;2*1-2-6-10-8-4-3-7-9(10)5-1;2*1-2-4-6-5-3-1;1-4-3-5-2;8*1-2;;;;;;;;;;;;;/h2*11-14H,3-10H2,1-2H3;2*1-8H;2*1-6H2;3H2,1-2H3;8*1-2H3;1H4;;;;;;;;;;;;. The second kappa shape index (κ2) is 105. The van der Waals surface area contributed by atoms with Crippen molar-refractivity contribution in [1.29, 1.82) is 0 Å². The summed E-state index contributed by atoms with van der Waals surface area (Å²) in [5.74, 6) is 8.83. The fraction of sp³-hybridized carbons (Fsp3) is 0.756. The molecule has 4 aromatic rings. The molecule has 0 saturated heterocycles. The molecule has 8 fully saturated rings. The zero-order chi connectivity index (χ0) is 63.2. The van der Waals surface area contributed by atoms with Crippen molar-refractivity contribution in [2.45, 2.75) is 326 Å². The van der Waals surface area contributed by atoms with Crippen LogP contribution in [0.1, 0.15) is 326 Å². The van der Waals surface area contributed by atoms with Gasteiger partial charge in [0.2, 0.25) is 0 Å². The van der Waals surface area contributed by atoms with Gasteiger partial charge in [-0.1, -0.05) is 371 Å². The van der Waals surface area contributed by atoms with Gasteiger partial charge in [0.1, 0.15) is 6.79 Å². The van der Waals surface area contributed by atoms with E-state index >= 15 is 0 Å². The largest absolute Gasteiger partial charge is 0.359 e. The van der Waals surface area contributed by atoms with E-state index in [-0.39, 0.29) is 460 Å². The van der Waals surface area contributed by atoms with E-state index in [1.807, 2.05) is 111 Å². The summed E-state index contributed by atoms with van der Waals surface area (Å²) in [7, 11) is 3.17. The molecule has 12 rings (SSSR count). The van der Waals surface area contributed by atoms with Crippen molar-refractivity contribution >= 4 is 21.5 Å². The molecular formula is C82H152Ar12O2. The van der Waals surface area contributed by atoms with Gasteiger partial charge in [0.15, 0.2) is 0 Å². The van der Waals surface area contributed by atoms with Gasteiger partial charge in [-0.2, -0.15) is 0 Å². The quantitative estimate of drug-likeness (QED) is 0.186. The Morgan fingerprint density at radius 1 is 0.240 bits per heavy atom. The van der Waals surface area contributed by atoms with Crippen LogP contribution in [0.5, 0.6) is 0 Å². The van der Waals surface area contributed by atoms with Crippen LogP contribution < -0.4 is 0 Å². The van der Waals surface area contributed by atoms with E-state index in [0.717, 1.165) is 47.3 Å². The molecule has 0 spiro atoms. The molecule has 14 heteroatoms. The maximum Gasteiger partial charge on any atom is 0.145 e. The number of hydrogen-bond donors (Lipinski definition) is 0. The Balaban J connectivity index is -0.0000000536. The summed E-state index contributed by atoms with van der Waals surface area (Å²) in [4.78, 5) is 0. The van der Waals surface area contributed by atoms with Gasteiger partial charge in [0.25, 0.3) is 0 Å². The van der Waals surface area contributed by atoms with Gasteiger partial charge < -0.3 is 9.47 Å². The van der Waals surface area contributed by atoms with E-state index in [1.165, 1.54) is 150 Å². The normalized spacial score (nSPS) is 21.1. The van der Waals surface area contributed by atoms with Crippen LogP contribution in [0.4, 0.5) is 0 Å². The first kappa shape index (κ1) is 146. The molecular weight excluding hydrogens is 1500 g/mol. The Hall–Kier alpha value is 12.4. The fourth-order valence-corrected chi connectivity index (χ4v) is 15.4. The second-order valence-corrected chi connectivity index (χ2v) is 23.5. The zero-order valence-corrected chi connectivity index (χ0v) is 72.9. The van der Waals surface area contributed by atoms with E-state index in [0.29, 0.717) is 17.6 Å². The molecule has 0 aromatic heterocycles. The Morgan fingerprint density at radius 2 is 0.365 bits per heavy atom. The molecule has 0 N–H and O–H groups in total. The minimum atomic E-state index is 0. The number of ether oxygens (including phenoxy) is 2. The van der Waals surface area contributed by atoms with Gasteiger partial charge in [-0.05, 0) is 131 Å². The van der Waals surface area contributed by atoms with Crippen LogP contribution in [-0.2, 0) is 9.47 Å². The summed E-state index contributed by atoms with van der Waals surface area (Å²) in [5, 5.41) is 5.24. The van der Waals surface area contributed by atoms with Gasteiger partial charge in [-0.15, -0.1) is 0 Å². The summed E-state index contributed by atoms with van der Waals surface area (Å²) in [6.45, 7) is 42.7. The number of hydrogen-bond acceptors (Lipinski definition) is 2. The SMILES string of the molecule is C.C1CCCCC1.C1CCCCC1.CC.CC.CC.CC.CC.CC.CC.CC.CC1(C)C2CCCCC2C2CCCCC21.CC1(C)C2CCCCC2C2CCCCC21.COCOC.[Ar].[Ar].[Ar].[Ar].[Ar].[Ar].[Ar].[Ar].[Ar].[Ar].[Ar].[Ar].c1ccc2ccccc2c1.c1ccc2ccccc2c1. The van der Waals surface area contributed by atoms with Crippen molar-refractivity contribution < 1.29 is 462 Å². The summed E-state index contributed by atoms with van der Waals surface area (Å²) in [6, 6.07) is 33.4. The molecule has 0 heterocycles. The summed E-state index contributed by atoms with van der Waals surface area (Å²) in [5.41, 5.74) is 1.35. The van der Waals surface area contributed by atoms with Crippen molar-refractivity contribution in [2.24, 2.45) is 58.2 Å². The molecule has 8 unspecified atom stereocenters. The van der Waals surface area contributed by atoms with E-state index in [1.54, 1.807) is 65.6 Å². The molecule has 0 aliphatic heterocycles. The van der Waals surface area contributed by atoms with Crippen LogP contribution in [0, 0.1) is 511 Å². The van der Waals surface area contributed by atoms with Crippen LogP contribution in [0.25, 0.3) is 21.5 Å². The molecule has 0 radical (unpaired) electrons. The van der Waals surface area contributed by atoms with Crippen molar-refractivity contribution in [3.05, 3.63) is 97.1 Å². The summed E-state index contributed by atoms with van der Waals surface area (Å²) in [6.07, 6.45) is 42.6. The predicted octanol–water partition coefficient (Wildman–Crippen LogP) is 28.7. The van der Waals surface area contributed by atoms with Crippen LogP contribution in [0.15, 0.2) is 97.1 Å². The number of benzene rings is 4. The van der Waals surface area contributed by atoms with E-state index in [2.05, 4.69) is 134 Å². The van der Waals surface area contributed by atoms with Gasteiger partial charge in [-0.3, -0.25) is 0 Å². The monoisotopic (exact) mass is 1650 g/mol. The molecule has 96 heavy (non-hydrogen) atoms. The third-order valence-electron chi connectivity index (χ3n) is 18.8. The first-order valence-electron chi connectivity index (χ1n) is 36.6. The maximum absolute atomic E-state index is 4.47. The van der Waals surface area contributed by atoms with E-state index < -0.39 is 0 Å². The molecule has 8 saturated carbocycles. The Kier molecular flexibility index (Phi) is 161. The summed E-state index contributed by atoms with van der Waals surface area (Å²) >= 11 is 0. The Morgan fingerprint density at radius 3 is 0.479 bits per heavy atom. The molecule has 4 aromatic carbocycles. The third-order valence-corrected chi connectivity index (χ3v) is 18.8. The predicted molar refractivity (Wildman–Crippen MR) is 389 cm³/mol. The van der Waals surface area contributed by atoms with Gasteiger partial charge >= 0.3 is 0 Å². The zero-order valence-electron chi connectivity index (χ0n) is 64.4. The average Bonchev–Trinajstić information content (AvgIpc) is 1.62. The van der Waals surface area contributed by atoms with Crippen LogP contribution in [-0.4, -0.2) is 21.0 Å². The molecule has 588 valence electrons. The fourth-order valence-electron chi connectivity index (χ4n) is 15.4. The van der Waals surface area contributed by atoms with Gasteiger partial charge in [-0.25, -0.2) is 0 Å². The van der Waals surface area contributed by atoms with Gasteiger partial charge in [0, 0.05) is 467 Å². The minimum absolute atomic E-state index is 0. The topological polar surface area (TPSA) is 18.5 Å². The summed E-state index contributed by atoms with van der Waals surface area (Å²) < 4.78 is 8.94. The first-order chi connectivity index (χ1) is 40.8. The second-order valence-electron chi connectivity index (χ2n) is 23.5. The van der Waals surface area contributed by atoms with Crippen molar-refractivity contribution in [1.82, 2.24) is 0 Å². The molecule has 0 bridgehead atoms. The van der Waals surface area contributed by atoms with Crippen molar-refractivity contribution in [2.75, 3.05) is 21.0 Å². The Bertz CT molecular complexity index is 1620. The van der Waals surface area contributed by atoms with E-state index in [4.69, 9.17) is 0 Å². The molecule has 2 nitrogen and oxygen atoms in total. The molecule has 8 aliphatic carbocycles. The van der Waals surface area contributed by atoms with Crippen molar-refractivity contribution in [3.8, 4) is 0 Å². The van der Waals surface area contributed by atoms with Gasteiger partial charge in [0.05, 0.1) is 0 Å². The molecule has 8 atom stereocenters. The van der Waals surface area contributed by atoms with Crippen molar-refractivity contribution in [3.63, 3.8) is 0 Å². The van der Waals surface area contributed by atoms with E-state index in [9.17, 15) is 0 Å². The number of rotatable bonds is 2. The number of fused-ring (bicyclic) bond motifs is 8. The smallest absolute Gasteiger partial charge is 0.145 e. The van der Waals surface area contributed by atoms with Crippen LogP contribution >= 0.6 is 0 Å². The van der Waals surface area contributed by atoms with Crippen LogP contribution in [0.3, 0.4) is 0 Å². The average molecular weight is 1650 g/mol. The van der Waals surface area contributed by atoms with Crippen LogP contribution in [0.2, 0.25) is 0 Å². The Labute approximate surface area is 963 Å². The maximum atomic E-state index is 4.47. The number of methoxy groups -OCH3 is 2. The molecule has 0 amide bonds.